The highest BCUT2D eigenvalue weighted by atomic mass is 19.4. The normalized spacial score (nSPS) is 21.3. The lowest BCUT2D eigenvalue weighted by Gasteiger charge is -2.37. The van der Waals surface area contributed by atoms with Crippen LogP contribution in [0.4, 0.5) is 23.5 Å². The Balaban J connectivity index is 1.66. The molecule has 2 aliphatic heterocycles. The van der Waals surface area contributed by atoms with E-state index in [-0.39, 0.29) is 16.6 Å². The summed E-state index contributed by atoms with van der Waals surface area (Å²) >= 11 is 0. The molecular formula is C16H15F4N7. The number of piperazine rings is 1. The number of nitrogens with zero attached hydrogens (tertiary/aromatic N) is 7. The number of tetrazole rings is 1. The molecule has 7 nitrogen and oxygen atoms in total. The Morgan fingerprint density at radius 3 is 2.78 bits per heavy atom. The van der Waals surface area contributed by atoms with Crippen LogP contribution in [0.3, 0.4) is 0 Å². The van der Waals surface area contributed by atoms with Gasteiger partial charge in [0.1, 0.15) is 5.82 Å². The summed E-state index contributed by atoms with van der Waals surface area (Å²) in [5, 5.41) is 11.4. The summed E-state index contributed by atoms with van der Waals surface area (Å²) in [6.45, 7) is 3.38. The zero-order chi connectivity index (χ0) is 18.8. The van der Waals surface area contributed by atoms with Crippen LogP contribution in [-0.4, -0.2) is 62.1 Å². The Morgan fingerprint density at radius 2 is 1.96 bits per heavy atom. The minimum Gasteiger partial charge on any atom is -0.338 e. The maximum atomic E-state index is 14.1. The largest absolute Gasteiger partial charge is 0.419 e. The Hall–Kier alpha value is -2.56. The van der Waals surface area contributed by atoms with Gasteiger partial charge in [-0.25, -0.2) is 9.37 Å². The first-order chi connectivity index (χ1) is 12.9. The highest BCUT2D eigenvalue weighted by molar-refractivity contribution is 5.92. The average molecular weight is 381 g/mol. The summed E-state index contributed by atoms with van der Waals surface area (Å²) in [5.74, 6) is -0.931. The number of rotatable bonds is 1. The summed E-state index contributed by atoms with van der Waals surface area (Å²) in [7, 11) is 0. The smallest absolute Gasteiger partial charge is 0.338 e. The van der Waals surface area contributed by atoms with Gasteiger partial charge in [-0.1, -0.05) is 0 Å². The molecule has 4 heterocycles. The molecule has 2 aliphatic rings. The predicted octanol–water partition coefficient (Wildman–Crippen LogP) is 2.11. The Labute approximate surface area is 150 Å². The van der Waals surface area contributed by atoms with Crippen molar-refractivity contribution < 1.29 is 17.6 Å². The summed E-state index contributed by atoms with van der Waals surface area (Å²) < 4.78 is 54.6. The SMILES string of the molecule is Fc1cc2nc(N3CCN4CCCC4C3)n3nnnc3c2cc1C(F)(F)F. The molecule has 0 radical (unpaired) electrons. The van der Waals surface area contributed by atoms with Crippen molar-refractivity contribution in [3.8, 4) is 0 Å². The summed E-state index contributed by atoms with van der Waals surface area (Å²) in [6.07, 6.45) is -2.57. The van der Waals surface area contributed by atoms with Gasteiger partial charge in [-0.2, -0.15) is 17.7 Å². The predicted molar refractivity (Wildman–Crippen MR) is 87.9 cm³/mol. The van der Waals surface area contributed by atoms with Crippen molar-refractivity contribution in [3.05, 3.63) is 23.5 Å². The molecule has 0 N–H and O–H groups in total. The molecule has 1 atom stereocenters. The molecule has 11 heteroatoms. The van der Waals surface area contributed by atoms with Crippen LogP contribution in [-0.2, 0) is 6.18 Å². The highest BCUT2D eigenvalue weighted by Gasteiger charge is 2.36. The summed E-state index contributed by atoms with van der Waals surface area (Å²) in [6, 6.07) is 1.94. The molecule has 3 aromatic rings. The fraction of sp³-hybridized carbons (Fsp3) is 0.500. The van der Waals surface area contributed by atoms with Crippen LogP contribution in [0.2, 0.25) is 0 Å². The van der Waals surface area contributed by atoms with Gasteiger partial charge in [0, 0.05) is 37.1 Å². The van der Waals surface area contributed by atoms with E-state index in [4.69, 9.17) is 0 Å². The third kappa shape index (κ3) is 2.59. The third-order valence-electron chi connectivity index (χ3n) is 5.38. The molecular weight excluding hydrogens is 366 g/mol. The molecule has 0 amide bonds. The maximum Gasteiger partial charge on any atom is 0.419 e. The van der Waals surface area contributed by atoms with Crippen molar-refractivity contribution in [2.75, 3.05) is 31.1 Å². The summed E-state index contributed by atoms with van der Waals surface area (Å²) in [5.41, 5.74) is -1.12. The number of alkyl halides is 3. The van der Waals surface area contributed by atoms with Crippen LogP contribution >= 0.6 is 0 Å². The van der Waals surface area contributed by atoms with Gasteiger partial charge >= 0.3 is 6.18 Å². The van der Waals surface area contributed by atoms with E-state index < -0.39 is 17.6 Å². The first kappa shape index (κ1) is 16.6. The van der Waals surface area contributed by atoms with E-state index >= 15 is 0 Å². The van der Waals surface area contributed by atoms with E-state index in [1.807, 2.05) is 4.90 Å². The van der Waals surface area contributed by atoms with Gasteiger partial charge in [0.05, 0.1) is 11.1 Å². The van der Waals surface area contributed by atoms with Crippen molar-refractivity contribution in [2.24, 2.45) is 0 Å². The number of hydrogen-bond donors (Lipinski definition) is 0. The van der Waals surface area contributed by atoms with Gasteiger partial charge in [0.25, 0.3) is 0 Å². The number of aromatic nitrogens is 5. The molecule has 0 spiro atoms. The lowest BCUT2D eigenvalue weighted by atomic mass is 10.1. The maximum absolute atomic E-state index is 14.1. The van der Waals surface area contributed by atoms with Crippen LogP contribution in [0.15, 0.2) is 12.1 Å². The molecule has 0 aliphatic carbocycles. The number of fused-ring (bicyclic) bond motifs is 4. The Bertz CT molecular complexity index is 1030. The Kier molecular flexibility index (Phi) is 3.51. The fourth-order valence-electron chi connectivity index (χ4n) is 4.07. The second-order valence-electron chi connectivity index (χ2n) is 6.95. The number of anilines is 1. The van der Waals surface area contributed by atoms with Crippen LogP contribution in [0, 0.1) is 5.82 Å². The molecule has 27 heavy (non-hydrogen) atoms. The van der Waals surface area contributed by atoms with Crippen LogP contribution < -0.4 is 4.90 Å². The van der Waals surface area contributed by atoms with E-state index in [2.05, 4.69) is 25.4 Å². The summed E-state index contributed by atoms with van der Waals surface area (Å²) in [4.78, 5) is 8.86. The van der Waals surface area contributed by atoms with Crippen molar-refractivity contribution in [1.82, 2.24) is 29.9 Å². The van der Waals surface area contributed by atoms with E-state index in [9.17, 15) is 17.6 Å². The molecule has 5 rings (SSSR count). The molecule has 2 saturated heterocycles. The fourth-order valence-corrected chi connectivity index (χ4v) is 4.07. The topological polar surface area (TPSA) is 62.5 Å². The molecule has 2 aromatic heterocycles. The zero-order valence-corrected chi connectivity index (χ0v) is 14.1. The van der Waals surface area contributed by atoms with E-state index in [0.29, 0.717) is 18.5 Å². The van der Waals surface area contributed by atoms with Crippen LogP contribution in [0.5, 0.6) is 0 Å². The third-order valence-corrected chi connectivity index (χ3v) is 5.38. The standard InChI is InChI=1S/C16H15F4N7/c17-12-7-13-10(6-11(12)16(18,19)20)14-22-23-24-27(14)15(21-13)26-5-4-25-3-1-2-9(25)8-26/h6-7,9H,1-5,8H2. The Morgan fingerprint density at radius 1 is 1.11 bits per heavy atom. The lowest BCUT2D eigenvalue weighted by Crippen LogP contribution is -2.51. The van der Waals surface area contributed by atoms with Gasteiger partial charge in [-0.15, -0.1) is 5.10 Å². The molecule has 0 bridgehead atoms. The average Bonchev–Trinajstić information content (AvgIpc) is 3.28. The molecule has 142 valence electrons. The van der Waals surface area contributed by atoms with Crippen molar-refractivity contribution in [3.63, 3.8) is 0 Å². The van der Waals surface area contributed by atoms with Gasteiger partial charge in [-0.3, -0.25) is 4.90 Å². The minimum atomic E-state index is -4.81. The van der Waals surface area contributed by atoms with Gasteiger partial charge in [0.15, 0.2) is 5.65 Å². The second-order valence-corrected chi connectivity index (χ2v) is 6.95. The minimum absolute atomic E-state index is 0.0666. The van der Waals surface area contributed by atoms with Gasteiger partial charge in [-0.05, 0) is 35.9 Å². The highest BCUT2D eigenvalue weighted by Crippen LogP contribution is 2.35. The first-order valence-corrected chi connectivity index (χ1v) is 8.69. The van der Waals surface area contributed by atoms with Crippen molar-refractivity contribution >= 4 is 22.5 Å². The number of benzene rings is 1. The monoisotopic (exact) mass is 381 g/mol. The van der Waals surface area contributed by atoms with Crippen molar-refractivity contribution in [1.29, 1.82) is 0 Å². The lowest BCUT2D eigenvalue weighted by molar-refractivity contribution is -0.139. The molecule has 1 unspecified atom stereocenters. The van der Waals surface area contributed by atoms with E-state index in [0.717, 1.165) is 44.6 Å². The quantitative estimate of drug-likeness (QED) is 0.602. The van der Waals surface area contributed by atoms with Crippen LogP contribution in [0.1, 0.15) is 18.4 Å². The van der Waals surface area contributed by atoms with Crippen molar-refractivity contribution in [2.45, 2.75) is 25.1 Å². The number of halogens is 4. The van der Waals surface area contributed by atoms with Gasteiger partial charge < -0.3 is 4.90 Å². The molecule has 0 saturated carbocycles. The number of hydrogen-bond acceptors (Lipinski definition) is 6. The molecule has 1 aromatic carbocycles. The van der Waals surface area contributed by atoms with E-state index in [1.54, 1.807) is 0 Å². The zero-order valence-electron chi connectivity index (χ0n) is 14.1. The van der Waals surface area contributed by atoms with Gasteiger partial charge in [0.2, 0.25) is 5.95 Å². The van der Waals surface area contributed by atoms with Crippen LogP contribution in [0.25, 0.3) is 16.6 Å². The molecule has 2 fully saturated rings. The van der Waals surface area contributed by atoms with E-state index in [1.165, 1.54) is 4.52 Å². The second kappa shape index (κ2) is 5.72. The first-order valence-electron chi connectivity index (χ1n) is 8.69.